The summed E-state index contributed by atoms with van der Waals surface area (Å²) >= 11 is 0. The van der Waals surface area contributed by atoms with Gasteiger partial charge in [0, 0.05) is 31.3 Å². The largest absolute Gasteiger partial charge is 0.396 e. The van der Waals surface area contributed by atoms with Crippen molar-refractivity contribution in [2.75, 3.05) is 24.6 Å². The van der Waals surface area contributed by atoms with Gasteiger partial charge in [-0.25, -0.2) is 0 Å². The van der Waals surface area contributed by atoms with Crippen LogP contribution >= 0.6 is 0 Å². The van der Waals surface area contributed by atoms with Gasteiger partial charge in [-0.1, -0.05) is 25.1 Å². The van der Waals surface area contributed by atoms with Gasteiger partial charge in [-0.3, -0.25) is 0 Å². The van der Waals surface area contributed by atoms with E-state index in [1.807, 2.05) is 0 Å². The topological polar surface area (TPSA) is 23.5 Å². The van der Waals surface area contributed by atoms with Crippen LogP contribution in [0.1, 0.15) is 18.9 Å². The first-order chi connectivity index (χ1) is 7.35. The summed E-state index contributed by atoms with van der Waals surface area (Å²) in [7, 11) is 0. The quantitative estimate of drug-likeness (QED) is 0.816. The molecule has 1 aliphatic rings. The van der Waals surface area contributed by atoms with E-state index in [-0.39, 0.29) is 0 Å². The second-order valence-corrected chi connectivity index (χ2v) is 4.27. The highest BCUT2D eigenvalue weighted by atomic mass is 16.3. The van der Waals surface area contributed by atoms with E-state index in [4.69, 9.17) is 5.11 Å². The number of anilines is 1. The summed E-state index contributed by atoms with van der Waals surface area (Å²) < 4.78 is 0. The molecule has 0 bridgehead atoms. The SMILES string of the molecule is CCc1ccccc1N1CCC(CO)C1. The fourth-order valence-corrected chi connectivity index (χ4v) is 2.32. The third-order valence-corrected chi connectivity index (χ3v) is 3.26. The highest BCUT2D eigenvalue weighted by Crippen LogP contribution is 2.26. The molecule has 0 saturated carbocycles. The maximum absolute atomic E-state index is 9.13. The van der Waals surface area contributed by atoms with Crippen LogP contribution in [0.4, 0.5) is 5.69 Å². The number of hydrogen-bond acceptors (Lipinski definition) is 2. The summed E-state index contributed by atoms with van der Waals surface area (Å²) in [6.45, 7) is 4.61. The lowest BCUT2D eigenvalue weighted by atomic mass is 10.1. The van der Waals surface area contributed by atoms with E-state index in [9.17, 15) is 0 Å². The van der Waals surface area contributed by atoms with Crippen LogP contribution in [0.2, 0.25) is 0 Å². The molecule has 1 fully saturated rings. The second kappa shape index (κ2) is 4.67. The number of para-hydroxylation sites is 1. The summed E-state index contributed by atoms with van der Waals surface area (Å²) in [6, 6.07) is 8.59. The number of hydrogen-bond donors (Lipinski definition) is 1. The smallest absolute Gasteiger partial charge is 0.0476 e. The van der Waals surface area contributed by atoms with Gasteiger partial charge in [0.05, 0.1) is 0 Å². The Hall–Kier alpha value is -1.02. The Morgan fingerprint density at radius 2 is 2.20 bits per heavy atom. The predicted octanol–water partition coefficient (Wildman–Crippen LogP) is 2.07. The lowest BCUT2D eigenvalue weighted by Gasteiger charge is -2.21. The van der Waals surface area contributed by atoms with E-state index < -0.39 is 0 Å². The Morgan fingerprint density at radius 3 is 2.87 bits per heavy atom. The molecule has 15 heavy (non-hydrogen) atoms. The van der Waals surface area contributed by atoms with E-state index in [0.29, 0.717) is 12.5 Å². The van der Waals surface area contributed by atoms with Crippen molar-refractivity contribution >= 4 is 5.69 Å². The molecular weight excluding hydrogens is 186 g/mol. The van der Waals surface area contributed by atoms with Crippen molar-refractivity contribution in [3.63, 3.8) is 0 Å². The molecular formula is C13H19NO. The maximum Gasteiger partial charge on any atom is 0.0476 e. The van der Waals surface area contributed by atoms with Crippen LogP contribution in [0, 0.1) is 5.92 Å². The molecule has 2 rings (SSSR count). The molecule has 2 nitrogen and oxygen atoms in total. The Bertz CT molecular complexity index is 324. The minimum Gasteiger partial charge on any atom is -0.396 e. The van der Waals surface area contributed by atoms with Crippen LogP contribution in [0.3, 0.4) is 0 Å². The highest BCUT2D eigenvalue weighted by molar-refractivity contribution is 5.54. The van der Waals surface area contributed by atoms with Gasteiger partial charge in [-0.15, -0.1) is 0 Å². The lowest BCUT2D eigenvalue weighted by Crippen LogP contribution is -2.21. The monoisotopic (exact) mass is 205 g/mol. The number of aliphatic hydroxyl groups excluding tert-OH is 1. The van der Waals surface area contributed by atoms with E-state index in [1.165, 1.54) is 11.3 Å². The van der Waals surface area contributed by atoms with Crippen LogP contribution in [0.5, 0.6) is 0 Å². The van der Waals surface area contributed by atoms with E-state index in [2.05, 4.69) is 36.1 Å². The molecule has 2 heteroatoms. The molecule has 1 aliphatic heterocycles. The van der Waals surface area contributed by atoms with Gasteiger partial charge in [-0.2, -0.15) is 0 Å². The highest BCUT2D eigenvalue weighted by Gasteiger charge is 2.22. The third kappa shape index (κ3) is 2.15. The first-order valence-corrected chi connectivity index (χ1v) is 5.79. The maximum atomic E-state index is 9.13. The van der Waals surface area contributed by atoms with Crippen molar-refractivity contribution in [1.82, 2.24) is 0 Å². The summed E-state index contributed by atoms with van der Waals surface area (Å²) in [5.41, 5.74) is 2.77. The lowest BCUT2D eigenvalue weighted by molar-refractivity contribution is 0.238. The summed E-state index contributed by atoms with van der Waals surface area (Å²) in [5.74, 6) is 0.468. The zero-order valence-corrected chi connectivity index (χ0v) is 9.32. The zero-order valence-electron chi connectivity index (χ0n) is 9.32. The first-order valence-electron chi connectivity index (χ1n) is 5.79. The van der Waals surface area contributed by atoms with Crippen molar-refractivity contribution in [3.8, 4) is 0 Å². The molecule has 1 aromatic rings. The van der Waals surface area contributed by atoms with Crippen LogP contribution in [-0.4, -0.2) is 24.8 Å². The number of nitrogens with zero attached hydrogens (tertiary/aromatic N) is 1. The first kappa shape index (κ1) is 10.5. The van der Waals surface area contributed by atoms with Crippen LogP contribution in [-0.2, 0) is 6.42 Å². The predicted molar refractivity (Wildman–Crippen MR) is 63.2 cm³/mol. The molecule has 1 heterocycles. The molecule has 0 aliphatic carbocycles. The van der Waals surface area contributed by atoms with Crippen LogP contribution < -0.4 is 4.90 Å². The molecule has 0 spiro atoms. The Balaban J connectivity index is 2.16. The van der Waals surface area contributed by atoms with Crippen LogP contribution in [0.25, 0.3) is 0 Å². The fraction of sp³-hybridized carbons (Fsp3) is 0.538. The summed E-state index contributed by atoms with van der Waals surface area (Å²) in [5, 5.41) is 9.13. The number of aryl methyl sites for hydroxylation is 1. The number of benzene rings is 1. The van der Waals surface area contributed by atoms with E-state index >= 15 is 0 Å². The van der Waals surface area contributed by atoms with Gasteiger partial charge in [0.15, 0.2) is 0 Å². The Kier molecular flexibility index (Phi) is 3.27. The minimum atomic E-state index is 0.324. The standard InChI is InChI=1S/C13H19NO/c1-2-12-5-3-4-6-13(12)14-8-7-11(9-14)10-15/h3-6,11,15H,2,7-10H2,1H3. The van der Waals surface area contributed by atoms with E-state index in [1.54, 1.807) is 0 Å². The van der Waals surface area contributed by atoms with Crippen LogP contribution in [0.15, 0.2) is 24.3 Å². The van der Waals surface area contributed by atoms with Gasteiger partial charge in [0.25, 0.3) is 0 Å². The molecule has 1 N–H and O–H groups in total. The van der Waals surface area contributed by atoms with Crippen molar-refractivity contribution < 1.29 is 5.11 Å². The Labute approximate surface area is 91.5 Å². The molecule has 82 valence electrons. The van der Waals surface area contributed by atoms with E-state index in [0.717, 1.165) is 25.9 Å². The molecule has 0 radical (unpaired) electrons. The van der Waals surface area contributed by atoms with Crippen molar-refractivity contribution in [2.24, 2.45) is 5.92 Å². The van der Waals surface area contributed by atoms with Gasteiger partial charge >= 0.3 is 0 Å². The van der Waals surface area contributed by atoms with Gasteiger partial charge in [0.2, 0.25) is 0 Å². The zero-order chi connectivity index (χ0) is 10.7. The third-order valence-electron chi connectivity index (χ3n) is 3.26. The van der Waals surface area contributed by atoms with Crippen molar-refractivity contribution in [1.29, 1.82) is 0 Å². The van der Waals surface area contributed by atoms with Gasteiger partial charge in [0.1, 0.15) is 0 Å². The van der Waals surface area contributed by atoms with Crippen molar-refractivity contribution in [3.05, 3.63) is 29.8 Å². The number of aliphatic hydroxyl groups is 1. The molecule has 1 aromatic carbocycles. The average molecular weight is 205 g/mol. The van der Waals surface area contributed by atoms with Crippen molar-refractivity contribution in [2.45, 2.75) is 19.8 Å². The molecule has 1 atom stereocenters. The Morgan fingerprint density at radius 1 is 1.40 bits per heavy atom. The van der Waals surface area contributed by atoms with Gasteiger partial charge < -0.3 is 10.0 Å². The minimum absolute atomic E-state index is 0.324. The molecule has 0 amide bonds. The van der Waals surface area contributed by atoms with Gasteiger partial charge in [-0.05, 0) is 24.5 Å². The summed E-state index contributed by atoms with van der Waals surface area (Å²) in [6.07, 6.45) is 2.20. The molecule has 0 aromatic heterocycles. The normalized spacial score (nSPS) is 20.9. The second-order valence-electron chi connectivity index (χ2n) is 4.27. The molecule has 1 unspecified atom stereocenters. The average Bonchev–Trinajstić information content (AvgIpc) is 2.77. The summed E-state index contributed by atoms with van der Waals surface area (Å²) in [4.78, 5) is 2.40. The molecule has 1 saturated heterocycles. The number of rotatable bonds is 3. The fourth-order valence-electron chi connectivity index (χ4n) is 2.32.